The van der Waals surface area contributed by atoms with Crippen molar-refractivity contribution in [2.45, 2.75) is 12.8 Å². The highest BCUT2D eigenvalue weighted by Gasteiger charge is 2.10. The van der Waals surface area contributed by atoms with Gasteiger partial charge in [0, 0.05) is 11.3 Å². The summed E-state index contributed by atoms with van der Waals surface area (Å²) in [6.45, 7) is 0. The molecule has 0 bridgehead atoms. The second kappa shape index (κ2) is 5.97. The molecule has 0 aliphatic heterocycles. The molecule has 1 aromatic rings. The molecule has 1 rings (SSSR count). The maximum Gasteiger partial charge on any atom is 0.303 e. The zero-order chi connectivity index (χ0) is 12.0. The third-order valence-corrected chi connectivity index (χ3v) is 2.90. The van der Waals surface area contributed by atoms with Crippen molar-refractivity contribution in [3.63, 3.8) is 0 Å². The van der Waals surface area contributed by atoms with Gasteiger partial charge in [-0.15, -0.1) is 11.3 Å². The molecular formula is C11H10O4S. The molecule has 0 aliphatic rings. The number of hydrogen-bond acceptors (Lipinski definition) is 4. The van der Waals surface area contributed by atoms with Gasteiger partial charge in [-0.05, 0) is 24.3 Å². The third-order valence-electron chi connectivity index (χ3n) is 1.81. The summed E-state index contributed by atoms with van der Waals surface area (Å²) >= 11 is 1.24. The number of carbonyl (C=O) groups excluding carboxylic acids is 2. The fourth-order valence-corrected chi connectivity index (χ4v) is 1.96. The first-order valence-electron chi connectivity index (χ1n) is 4.60. The number of hydrogen-bond donors (Lipinski definition) is 1. The number of Topliss-reactive ketones (excluding diaryl/α,β-unsaturated/α-hetero) is 1. The van der Waals surface area contributed by atoms with E-state index in [2.05, 4.69) is 0 Å². The first-order chi connectivity index (χ1) is 7.63. The van der Waals surface area contributed by atoms with E-state index < -0.39 is 5.97 Å². The van der Waals surface area contributed by atoms with Gasteiger partial charge in [-0.25, -0.2) is 0 Å². The maximum absolute atomic E-state index is 11.5. The van der Waals surface area contributed by atoms with Crippen LogP contribution in [-0.4, -0.2) is 23.1 Å². The van der Waals surface area contributed by atoms with Gasteiger partial charge in [0.25, 0.3) is 0 Å². The number of carboxylic acids is 1. The second-order valence-corrected chi connectivity index (χ2v) is 4.13. The van der Waals surface area contributed by atoms with E-state index in [1.165, 1.54) is 17.4 Å². The van der Waals surface area contributed by atoms with E-state index in [4.69, 9.17) is 5.11 Å². The molecule has 0 saturated heterocycles. The quantitative estimate of drug-likeness (QED) is 0.467. The number of carbonyl (C=O) groups is 3. The minimum atomic E-state index is -0.981. The highest BCUT2D eigenvalue weighted by Crippen LogP contribution is 2.19. The number of allylic oxidation sites excluding steroid dienone is 1. The predicted molar refractivity (Wildman–Crippen MR) is 60.6 cm³/mol. The SMILES string of the molecule is O=CC=Cc1ccc(C(=O)CCC(=O)O)s1. The summed E-state index contributed by atoms with van der Waals surface area (Å²) in [7, 11) is 0. The number of rotatable bonds is 6. The van der Waals surface area contributed by atoms with Gasteiger partial charge in [0.15, 0.2) is 5.78 Å². The number of aldehydes is 1. The Morgan fingerprint density at radius 3 is 2.69 bits per heavy atom. The van der Waals surface area contributed by atoms with Crippen molar-refractivity contribution < 1.29 is 19.5 Å². The summed E-state index contributed by atoms with van der Waals surface area (Å²) in [6, 6.07) is 3.36. The Morgan fingerprint density at radius 2 is 2.06 bits per heavy atom. The van der Waals surface area contributed by atoms with Crippen LogP contribution in [0, 0.1) is 0 Å². The summed E-state index contributed by atoms with van der Waals surface area (Å²) in [6.07, 6.45) is 3.46. The van der Waals surface area contributed by atoms with Gasteiger partial charge in [-0.1, -0.05) is 0 Å². The fourth-order valence-electron chi connectivity index (χ4n) is 1.07. The fraction of sp³-hybridized carbons (Fsp3) is 0.182. The number of carboxylic acid groups (broad SMARTS) is 1. The molecule has 0 saturated carbocycles. The molecule has 0 radical (unpaired) electrons. The topological polar surface area (TPSA) is 71.4 Å². The van der Waals surface area contributed by atoms with Gasteiger partial charge in [0.2, 0.25) is 0 Å². The molecule has 0 atom stereocenters. The molecule has 0 aromatic carbocycles. The molecule has 1 heterocycles. The van der Waals surface area contributed by atoms with Gasteiger partial charge in [-0.3, -0.25) is 14.4 Å². The van der Waals surface area contributed by atoms with Crippen LogP contribution in [0.15, 0.2) is 18.2 Å². The summed E-state index contributed by atoms with van der Waals surface area (Å²) in [4.78, 5) is 33.2. The number of ketones is 1. The van der Waals surface area contributed by atoms with Crippen molar-refractivity contribution in [3.05, 3.63) is 28.0 Å². The molecule has 4 nitrogen and oxygen atoms in total. The predicted octanol–water partition coefficient (Wildman–Crippen LogP) is 2.01. The van der Waals surface area contributed by atoms with Gasteiger partial charge < -0.3 is 5.11 Å². The Labute approximate surface area is 96.2 Å². The van der Waals surface area contributed by atoms with Crippen LogP contribution in [0.5, 0.6) is 0 Å². The minimum Gasteiger partial charge on any atom is -0.481 e. The van der Waals surface area contributed by atoms with Crippen molar-refractivity contribution in [1.82, 2.24) is 0 Å². The van der Waals surface area contributed by atoms with E-state index >= 15 is 0 Å². The molecule has 16 heavy (non-hydrogen) atoms. The van der Waals surface area contributed by atoms with Gasteiger partial charge in [0.1, 0.15) is 6.29 Å². The lowest BCUT2D eigenvalue weighted by atomic mass is 10.2. The Hall–Kier alpha value is -1.75. The molecule has 1 aromatic heterocycles. The van der Waals surface area contributed by atoms with Crippen LogP contribution in [0.2, 0.25) is 0 Å². The van der Waals surface area contributed by atoms with Crippen LogP contribution < -0.4 is 0 Å². The second-order valence-electron chi connectivity index (χ2n) is 3.01. The van der Waals surface area contributed by atoms with Crippen molar-refractivity contribution in [3.8, 4) is 0 Å². The van der Waals surface area contributed by atoms with Crippen LogP contribution in [0.3, 0.4) is 0 Å². The van der Waals surface area contributed by atoms with Crippen molar-refractivity contribution >= 4 is 35.5 Å². The van der Waals surface area contributed by atoms with E-state index in [1.807, 2.05) is 0 Å². The third kappa shape index (κ3) is 3.78. The normalized spacial score (nSPS) is 10.5. The Kier molecular flexibility index (Phi) is 4.60. The highest BCUT2D eigenvalue weighted by molar-refractivity contribution is 7.14. The summed E-state index contributed by atoms with van der Waals surface area (Å²) in [5, 5.41) is 8.43. The van der Waals surface area contributed by atoms with Gasteiger partial charge in [-0.2, -0.15) is 0 Å². The summed E-state index contributed by atoms with van der Waals surface area (Å²) in [5.41, 5.74) is 0. The molecule has 5 heteroatoms. The van der Waals surface area contributed by atoms with E-state index in [0.29, 0.717) is 11.2 Å². The van der Waals surface area contributed by atoms with Crippen LogP contribution in [0.25, 0.3) is 6.08 Å². The first-order valence-corrected chi connectivity index (χ1v) is 5.42. The summed E-state index contributed by atoms with van der Waals surface area (Å²) < 4.78 is 0. The first kappa shape index (κ1) is 12.3. The smallest absolute Gasteiger partial charge is 0.303 e. The van der Waals surface area contributed by atoms with E-state index in [1.54, 1.807) is 18.2 Å². The zero-order valence-electron chi connectivity index (χ0n) is 8.38. The van der Waals surface area contributed by atoms with Crippen molar-refractivity contribution in [1.29, 1.82) is 0 Å². The molecule has 0 unspecified atom stereocenters. The number of thiophene rings is 1. The molecule has 0 fully saturated rings. The molecular weight excluding hydrogens is 228 g/mol. The standard InChI is InChI=1S/C11H10O4S/c12-7-1-2-8-3-5-10(16-8)9(13)4-6-11(14)15/h1-3,5,7H,4,6H2,(H,14,15). The van der Waals surface area contributed by atoms with E-state index in [0.717, 1.165) is 4.88 Å². The lowest BCUT2D eigenvalue weighted by Gasteiger charge is -1.93. The molecule has 0 amide bonds. The molecule has 0 aliphatic carbocycles. The van der Waals surface area contributed by atoms with Gasteiger partial charge >= 0.3 is 5.97 Å². The van der Waals surface area contributed by atoms with Crippen LogP contribution in [0.1, 0.15) is 27.4 Å². The molecule has 1 N–H and O–H groups in total. The molecule has 0 spiro atoms. The minimum absolute atomic E-state index is 0.00663. The average molecular weight is 238 g/mol. The lowest BCUT2D eigenvalue weighted by Crippen LogP contribution is -2.01. The Balaban J connectivity index is 2.63. The average Bonchev–Trinajstić information content (AvgIpc) is 2.71. The van der Waals surface area contributed by atoms with Crippen molar-refractivity contribution in [2.75, 3.05) is 0 Å². The van der Waals surface area contributed by atoms with Crippen molar-refractivity contribution in [2.24, 2.45) is 0 Å². The Morgan fingerprint density at radius 1 is 1.31 bits per heavy atom. The highest BCUT2D eigenvalue weighted by atomic mass is 32.1. The zero-order valence-corrected chi connectivity index (χ0v) is 9.20. The largest absolute Gasteiger partial charge is 0.481 e. The number of aliphatic carboxylic acids is 1. The lowest BCUT2D eigenvalue weighted by molar-refractivity contribution is -0.136. The summed E-state index contributed by atoms with van der Waals surface area (Å²) in [5.74, 6) is -1.16. The monoisotopic (exact) mass is 238 g/mol. The van der Waals surface area contributed by atoms with Crippen LogP contribution in [-0.2, 0) is 9.59 Å². The maximum atomic E-state index is 11.5. The molecule has 84 valence electrons. The van der Waals surface area contributed by atoms with E-state index in [9.17, 15) is 14.4 Å². The van der Waals surface area contributed by atoms with Crippen LogP contribution in [0.4, 0.5) is 0 Å². The Bertz CT molecular complexity index is 431. The van der Waals surface area contributed by atoms with E-state index in [-0.39, 0.29) is 18.6 Å². The van der Waals surface area contributed by atoms with Crippen LogP contribution >= 0.6 is 11.3 Å². The van der Waals surface area contributed by atoms with Gasteiger partial charge in [0.05, 0.1) is 11.3 Å².